The quantitative estimate of drug-likeness (QED) is 0.859. The SMILES string of the molecule is COC(=O)Cc1ncc(-c2ccc(Cl)s2)[nH]1. The number of rotatable bonds is 3. The zero-order chi connectivity index (χ0) is 11.5. The first-order chi connectivity index (χ1) is 7.69. The molecule has 0 bridgehead atoms. The number of halogens is 1. The van der Waals surface area contributed by atoms with Gasteiger partial charge in [0.25, 0.3) is 0 Å². The molecule has 0 fully saturated rings. The average Bonchev–Trinajstić information content (AvgIpc) is 2.87. The number of aromatic amines is 1. The highest BCUT2D eigenvalue weighted by atomic mass is 35.5. The summed E-state index contributed by atoms with van der Waals surface area (Å²) < 4.78 is 5.28. The molecule has 4 nitrogen and oxygen atoms in total. The first-order valence-electron chi connectivity index (χ1n) is 4.55. The minimum absolute atomic E-state index is 0.148. The third-order valence-electron chi connectivity index (χ3n) is 2.01. The fourth-order valence-electron chi connectivity index (χ4n) is 1.25. The van der Waals surface area contributed by atoms with Crippen molar-refractivity contribution in [1.29, 1.82) is 0 Å². The van der Waals surface area contributed by atoms with E-state index >= 15 is 0 Å². The molecule has 0 aliphatic carbocycles. The highest BCUT2D eigenvalue weighted by Gasteiger charge is 2.09. The van der Waals surface area contributed by atoms with Crippen molar-refractivity contribution in [3.05, 3.63) is 28.5 Å². The lowest BCUT2D eigenvalue weighted by molar-refractivity contribution is -0.139. The average molecular weight is 257 g/mol. The number of nitrogens with one attached hydrogen (secondary N) is 1. The molecule has 1 N–H and O–H groups in total. The molecule has 2 heterocycles. The number of hydrogen-bond acceptors (Lipinski definition) is 4. The molecule has 0 aromatic carbocycles. The maximum atomic E-state index is 11.0. The lowest BCUT2D eigenvalue weighted by Crippen LogP contribution is -2.05. The van der Waals surface area contributed by atoms with Crippen LogP contribution in [-0.4, -0.2) is 23.0 Å². The molecule has 0 radical (unpaired) electrons. The van der Waals surface area contributed by atoms with Crippen LogP contribution in [0, 0.1) is 0 Å². The van der Waals surface area contributed by atoms with Crippen molar-refractivity contribution in [2.24, 2.45) is 0 Å². The second kappa shape index (κ2) is 4.67. The van der Waals surface area contributed by atoms with Crippen molar-refractivity contribution in [2.45, 2.75) is 6.42 Å². The van der Waals surface area contributed by atoms with Crippen molar-refractivity contribution in [3.8, 4) is 10.6 Å². The molecular formula is C10H9ClN2O2S. The molecule has 0 amide bonds. The fourth-order valence-corrected chi connectivity index (χ4v) is 2.25. The predicted molar refractivity (Wildman–Crippen MR) is 62.6 cm³/mol. The second-order valence-corrected chi connectivity index (χ2v) is 4.82. The Morgan fingerprint density at radius 2 is 2.44 bits per heavy atom. The van der Waals surface area contributed by atoms with Gasteiger partial charge in [-0.05, 0) is 12.1 Å². The van der Waals surface area contributed by atoms with Crippen LogP contribution in [0.5, 0.6) is 0 Å². The summed E-state index contributed by atoms with van der Waals surface area (Å²) in [7, 11) is 1.35. The number of imidazole rings is 1. The Kier molecular flexibility index (Phi) is 3.26. The monoisotopic (exact) mass is 256 g/mol. The summed E-state index contributed by atoms with van der Waals surface area (Å²) in [6.45, 7) is 0. The number of thiophene rings is 1. The largest absolute Gasteiger partial charge is 0.469 e. The molecule has 2 aromatic heterocycles. The number of esters is 1. The summed E-state index contributed by atoms with van der Waals surface area (Å²) in [5.74, 6) is 0.275. The van der Waals surface area contributed by atoms with E-state index in [4.69, 9.17) is 11.6 Å². The van der Waals surface area contributed by atoms with Gasteiger partial charge in [-0.2, -0.15) is 0 Å². The maximum Gasteiger partial charge on any atom is 0.313 e. The molecule has 0 aliphatic heterocycles. The Bertz CT molecular complexity index is 506. The van der Waals surface area contributed by atoms with Gasteiger partial charge >= 0.3 is 5.97 Å². The van der Waals surface area contributed by atoms with E-state index in [2.05, 4.69) is 14.7 Å². The van der Waals surface area contributed by atoms with E-state index in [0.29, 0.717) is 5.82 Å². The van der Waals surface area contributed by atoms with E-state index in [0.717, 1.165) is 14.9 Å². The van der Waals surface area contributed by atoms with Crippen LogP contribution in [0.2, 0.25) is 4.34 Å². The van der Waals surface area contributed by atoms with Gasteiger partial charge in [-0.3, -0.25) is 4.79 Å². The van der Waals surface area contributed by atoms with Crippen LogP contribution in [0.4, 0.5) is 0 Å². The number of H-pyrrole nitrogens is 1. The van der Waals surface area contributed by atoms with Gasteiger partial charge in [0.2, 0.25) is 0 Å². The van der Waals surface area contributed by atoms with Crippen molar-refractivity contribution in [1.82, 2.24) is 9.97 Å². The van der Waals surface area contributed by atoms with E-state index in [1.807, 2.05) is 12.1 Å². The van der Waals surface area contributed by atoms with Crippen molar-refractivity contribution >= 4 is 28.9 Å². The van der Waals surface area contributed by atoms with Crippen molar-refractivity contribution < 1.29 is 9.53 Å². The van der Waals surface area contributed by atoms with E-state index < -0.39 is 0 Å². The van der Waals surface area contributed by atoms with Crippen LogP contribution >= 0.6 is 22.9 Å². The molecule has 2 aromatic rings. The summed E-state index contributed by atoms with van der Waals surface area (Å²) in [5, 5.41) is 0. The van der Waals surface area contributed by atoms with Crippen LogP contribution in [0.1, 0.15) is 5.82 Å². The van der Waals surface area contributed by atoms with Gasteiger partial charge in [0.15, 0.2) is 0 Å². The Morgan fingerprint density at radius 3 is 3.06 bits per heavy atom. The highest BCUT2D eigenvalue weighted by Crippen LogP contribution is 2.29. The van der Waals surface area contributed by atoms with Gasteiger partial charge in [0.05, 0.1) is 28.2 Å². The van der Waals surface area contributed by atoms with Crippen LogP contribution in [0.3, 0.4) is 0 Å². The highest BCUT2D eigenvalue weighted by molar-refractivity contribution is 7.19. The third kappa shape index (κ3) is 2.43. The maximum absolute atomic E-state index is 11.0. The predicted octanol–water partition coefficient (Wildman–Crippen LogP) is 2.51. The van der Waals surface area contributed by atoms with Gasteiger partial charge in [-0.25, -0.2) is 4.98 Å². The zero-order valence-corrected chi connectivity index (χ0v) is 10.1. The Hall–Kier alpha value is -1.33. The van der Waals surface area contributed by atoms with E-state index in [9.17, 15) is 4.79 Å². The first kappa shape index (κ1) is 11.2. The van der Waals surface area contributed by atoms with Gasteiger partial charge < -0.3 is 9.72 Å². The summed E-state index contributed by atoms with van der Waals surface area (Å²) in [6, 6.07) is 3.73. The third-order valence-corrected chi connectivity index (χ3v) is 3.27. The van der Waals surface area contributed by atoms with Crippen LogP contribution in [0.25, 0.3) is 10.6 Å². The number of ether oxygens (including phenoxy) is 1. The molecule has 0 aliphatic rings. The molecule has 16 heavy (non-hydrogen) atoms. The number of carbonyl (C=O) groups is 1. The van der Waals surface area contributed by atoms with Gasteiger partial charge in [0, 0.05) is 0 Å². The molecule has 2 rings (SSSR count). The van der Waals surface area contributed by atoms with Gasteiger partial charge in [-0.1, -0.05) is 11.6 Å². The molecule has 0 saturated carbocycles. The van der Waals surface area contributed by atoms with Gasteiger partial charge in [-0.15, -0.1) is 11.3 Å². The van der Waals surface area contributed by atoms with Crippen molar-refractivity contribution in [3.63, 3.8) is 0 Å². The zero-order valence-electron chi connectivity index (χ0n) is 8.49. The summed E-state index contributed by atoms with van der Waals surface area (Å²) >= 11 is 7.29. The smallest absolute Gasteiger partial charge is 0.313 e. The first-order valence-corrected chi connectivity index (χ1v) is 5.75. The van der Waals surface area contributed by atoms with Crippen LogP contribution in [-0.2, 0) is 16.0 Å². The van der Waals surface area contributed by atoms with E-state index in [1.165, 1.54) is 18.4 Å². The molecule has 0 atom stereocenters. The lowest BCUT2D eigenvalue weighted by atomic mass is 10.4. The Morgan fingerprint density at radius 1 is 1.62 bits per heavy atom. The van der Waals surface area contributed by atoms with Crippen LogP contribution < -0.4 is 0 Å². The van der Waals surface area contributed by atoms with Crippen LogP contribution in [0.15, 0.2) is 18.3 Å². The van der Waals surface area contributed by atoms with Gasteiger partial charge in [0.1, 0.15) is 12.2 Å². The Balaban J connectivity index is 2.16. The number of nitrogens with zero attached hydrogens (tertiary/aromatic N) is 1. The fraction of sp³-hybridized carbons (Fsp3) is 0.200. The molecule has 0 saturated heterocycles. The normalized spacial score (nSPS) is 10.4. The summed E-state index contributed by atoms with van der Waals surface area (Å²) in [6.07, 6.45) is 1.83. The minimum Gasteiger partial charge on any atom is -0.469 e. The topological polar surface area (TPSA) is 55.0 Å². The summed E-state index contributed by atoms with van der Waals surface area (Å²) in [4.78, 5) is 19.2. The molecule has 0 spiro atoms. The number of carbonyl (C=O) groups excluding carboxylic acids is 1. The molecule has 6 heteroatoms. The minimum atomic E-state index is -0.315. The van der Waals surface area contributed by atoms with E-state index in [1.54, 1.807) is 6.20 Å². The number of methoxy groups -OCH3 is 1. The Labute approximate surface area is 101 Å². The molecule has 84 valence electrons. The standard InChI is InChI=1S/C10H9ClN2O2S/c1-15-10(14)4-9-12-5-6(13-9)7-2-3-8(11)16-7/h2-3,5H,4H2,1H3,(H,12,13). The second-order valence-electron chi connectivity index (χ2n) is 3.10. The number of aromatic nitrogens is 2. The molecule has 0 unspecified atom stereocenters. The number of hydrogen-bond donors (Lipinski definition) is 1. The summed E-state index contributed by atoms with van der Waals surface area (Å²) in [5.41, 5.74) is 0.857. The van der Waals surface area contributed by atoms with Crippen molar-refractivity contribution in [2.75, 3.05) is 7.11 Å². The molecular weight excluding hydrogens is 248 g/mol. The van der Waals surface area contributed by atoms with E-state index in [-0.39, 0.29) is 12.4 Å². The lowest BCUT2D eigenvalue weighted by Gasteiger charge is -1.94.